The van der Waals surface area contributed by atoms with Crippen LogP contribution in [0.2, 0.25) is 0 Å². The van der Waals surface area contributed by atoms with Gasteiger partial charge in [0.1, 0.15) is 0 Å². The molecule has 1 aromatic rings. The molecule has 1 unspecified atom stereocenters. The van der Waals surface area contributed by atoms with Crippen molar-refractivity contribution in [2.45, 2.75) is 72.8 Å². The van der Waals surface area contributed by atoms with Crippen LogP contribution in [-0.2, 0) is 4.74 Å². The SMILES string of the molecule is CC(c1noc(N2CCC(=CCOC(C)(C)C)CC2)n1)C(C)(C)C. The number of ether oxygens (including phenoxy) is 1. The minimum atomic E-state index is -0.0817. The van der Waals surface area contributed by atoms with Crippen LogP contribution in [0.4, 0.5) is 6.01 Å². The highest BCUT2D eigenvalue weighted by atomic mass is 16.5. The van der Waals surface area contributed by atoms with Crippen molar-refractivity contribution in [3.8, 4) is 0 Å². The van der Waals surface area contributed by atoms with Crippen LogP contribution in [0.15, 0.2) is 16.2 Å². The van der Waals surface area contributed by atoms with Crippen LogP contribution in [0, 0.1) is 5.41 Å². The Hall–Kier alpha value is -1.36. The van der Waals surface area contributed by atoms with Crippen molar-refractivity contribution in [1.82, 2.24) is 10.1 Å². The first-order valence-corrected chi connectivity index (χ1v) is 8.97. The van der Waals surface area contributed by atoms with E-state index < -0.39 is 0 Å². The van der Waals surface area contributed by atoms with Crippen molar-refractivity contribution in [3.63, 3.8) is 0 Å². The molecule has 5 heteroatoms. The molecule has 1 saturated heterocycles. The lowest BCUT2D eigenvalue weighted by Gasteiger charge is -2.27. The van der Waals surface area contributed by atoms with Gasteiger partial charge in [0.2, 0.25) is 0 Å². The molecule has 1 aliphatic heterocycles. The third-order valence-electron chi connectivity index (χ3n) is 4.68. The second-order valence-electron chi connectivity index (χ2n) is 8.80. The molecule has 1 fully saturated rings. The molecular weight excluding hydrogens is 302 g/mol. The van der Waals surface area contributed by atoms with E-state index in [4.69, 9.17) is 9.26 Å². The zero-order chi connectivity index (χ0) is 18.0. The van der Waals surface area contributed by atoms with E-state index in [0.29, 0.717) is 12.6 Å². The van der Waals surface area contributed by atoms with E-state index >= 15 is 0 Å². The normalized spacial score (nSPS) is 18.0. The molecule has 0 aromatic carbocycles. The second-order valence-corrected chi connectivity index (χ2v) is 8.80. The summed E-state index contributed by atoms with van der Waals surface area (Å²) in [6.45, 7) is 17.5. The lowest BCUT2D eigenvalue weighted by molar-refractivity contribution is 0.0146. The van der Waals surface area contributed by atoms with Gasteiger partial charge in [-0.2, -0.15) is 4.98 Å². The maximum Gasteiger partial charge on any atom is 0.324 e. The van der Waals surface area contributed by atoms with E-state index in [9.17, 15) is 0 Å². The summed E-state index contributed by atoms with van der Waals surface area (Å²) in [7, 11) is 0. The Morgan fingerprint density at radius 2 is 1.79 bits per heavy atom. The van der Waals surface area contributed by atoms with Crippen LogP contribution in [-0.4, -0.2) is 35.4 Å². The predicted octanol–water partition coefficient (Wildman–Crippen LogP) is 4.56. The van der Waals surface area contributed by atoms with Crippen molar-refractivity contribution < 1.29 is 9.26 Å². The van der Waals surface area contributed by atoms with Gasteiger partial charge in [-0.3, -0.25) is 0 Å². The molecule has 0 bridgehead atoms. The number of anilines is 1. The standard InChI is InChI=1S/C19H33N3O2/c1-14(18(2,3)4)16-20-17(24-21-16)22-11-8-15(9-12-22)10-13-23-19(5,6)7/h10,14H,8-9,11-13H2,1-7H3. The highest BCUT2D eigenvalue weighted by Gasteiger charge is 2.28. The highest BCUT2D eigenvalue weighted by Crippen LogP contribution is 2.33. The van der Waals surface area contributed by atoms with Gasteiger partial charge < -0.3 is 14.2 Å². The summed E-state index contributed by atoms with van der Waals surface area (Å²) in [4.78, 5) is 6.81. The fourth-order valence-electron chi connectivity index (χ4n) is 2.52. The molecule has 5 nitrogen and oxygen atoms in total. The summed E-state index contributed by atoms with van der Waals surface area (Å²) < 4.78 is 11.3. The Morgan fingerprint density at radius 3 is 2.33 bits per heavy atom. The fraction of sp³-hybridized carbons (Fsp3) is 0.789. The van der Waals surface area contributed by atoms with E-state index in [-0.39, 0.29) is 16.9 Å². The van der Waals surface area contributed by atoms with Gasteiger partial charge >= 0.3 is 6.01 Å². The summed E-state index contributed by atoms with van der Waals surface area (Å²) in [6, 6.07) is 0.658. The first-order valence-electron chi connectivity index (χ1n) is 8.97. The van der Waals surface area contributed by atoms with Crippen LogP contribution in [0.25, 0.3) is 0 Å². The van der Waals surface area contributed by atoms with E-state index in [1.807, 2.05) is 0 Å². The first-order chi connectivity index (χ1) is 11.1. The molecule has 1 aliphatic rings. The summed E-state index contributed by atoms with van der Waals surface area (Å²) in [5, 5.41) is 4.19. The Bertz CT molecular complexity index is 554. The fourth-order valence-corrected chi connectivity index (χ4v) is 2.52. The monoisotopic (exact) mass is 335 g/mol. The van der Waals surface area contributed by atoms with Gasteiger partial charge in [0, 0.05) is 19.0 Å². The summed E-state index contributed by atoms with van der Waals surface area (Å²) in [5.74, 6) is 1.07. The van der Waals surface area contributed by atoms with Gasteiger partial charge in [-0.15, -0.1) is 0 Å². The molecule has 0 saturated carbocycles. The number of hydrogen-bond acceptors (Lipinski definition) is 5. The Kier molecular flexibility index (Phi) is 5.74. The molecule has 0 radical (unpaired) electrons. The maximum atomic E-state index is 5.77. The van der Waals surface area contributed by atoms with E-state index in [2.05, 4.69) is 69.6 Å². The van der Waals surface area contributed by atoms with Crippen LogP contribution in [0.5, 0.6) is 0 Å². The Balaban J connectivity index is 1.89. The van der Waals surface area contributed by atoms with Gasteiger partial charge in [0.05, 0.1) is 12.2 Å². The largest absolute Gasteiger partial charge is 0.372 e. The van der Waals surface area contributed by atoms with Gasteiger partial charge in [-0.25, -0.2) is 0 Å². The van der Waals surface area contributed by atoms with Gasteiger partial charge in [0.25, 0.3) is 0 Å². The minimum absolute atomic E-state index is 0.0817. The molecule has 0 amide bonds. The lowest BCUT2D eigenvalue weighted by Crippen LogP contribution is -2.31. The molecule has 0 N–H and O–H groups in total. The summed E-state index contributed by atoms with van der Waals surface area (Å²) in [5.41, 5.74) is 1.51. The topological polar surface area (TPSA) is 51.4 Å². The smallest absolute Gasteiger partial charge is 0.324 e. The minimum Gasteiger partial charge on any atom is -0.372 e. The third kappa shape index (κ3) is 5.33. The van der Waals surface area contributed by atoms with E-state index in [0.717, 1.165) is 31.8 Å². The summed E-state index contributed by atoms with van der Waals surface area (Å²) in [6.07, 6.45) is 4.28. The molecular formula is C19H33N3O2. The lowest BCUT2D eigenvalue weighted by atomic mass is 9.82. The van der Waals surface area contributed by atoms with Gasteiger partial charge in [-0.1, -0.05) is 44.5 Å². The molecule has 2 rings (SSSR count). The average Bonchev–Trinajstić information content (AvgIpc) is 2.94. The Labute approximate surface area is 146 Å². The van der Waals surface area contributed by atoms with Crippen LogP contribution in [0.1, 0.15) is 73.1 Å². The first kappa shape index (κ1) is 19.0. The number of piperidine rings is 1. The third-order valence-corrected chi connectivity index (χ3v) is 4.68. The Morgan fingerprint density at radius 1 is 1.17 bits per heavy atom. The molecule has 1 aromatic heterocycles. The average molecular weight is 335 g/mol. The van der Waals surface area contributed by atoms with Crippen molar-refractivity contribution in [2.75, 3.05) is 24.6 Å². The molecule has 136 valence electrons. The molecule has 24 heavy (non-hydrogen) atoms. The number of aromatic nitrogens is 2. The number of nitrogens with zero attached hydrogens (tertiary/aromatic N) is 3. The van der Waals surface area contributed by atoms with Crippen LogP contribution >= 0.6 is 0 Å². The molecule has 0 aliphatic carbocycles. The van der Waals surface area contributed by atoms with Crippen molar-refractivity contribution >= 4 is 6.01 Å². The van der Waals surface area contributed by atoms with E-state index in [1.165, 1.54) is 5.57 Å². The molecule has 2 heterocycles. The van der Waals surface area contributed by atoms with Crippen LogP contribution < -0.4 is 4.90 Å². The molecule has 0 spiro atoms. The van der Waals surface area contributed by atoms with Crippen molar-refractivity contribution in [2.24, 2.45) is 5.41 Å². The van der Waals surface area contributed by atoms with Crippen molar-refractivity contribution in [3.05, 3.63) is 17.5 Å². The van der Waals surface area contributed by atoms with Crippen LogP contribution in [0.3, 0.4) is 0 Å². The second kappa shape index (κ2) is 7.26. The van der Waals surface area contributed by atoms with Gasteiger partial charge in [-0.05, 0) is 39.0 Å². The molecule has 1 atom stereocenters. The number of rotatable bonds is 4. The van der Waals surface area contributed by atoms with E-state index in [1.54, 1.807) is 0 Å². The quantitative estimate of drug-likeness (QED) is 0.755. The summed E-state index contributed by atoms with van der Waals surface area (Å²) >= 11 is 0. The maximum absolute atomic E-state index is 5.77. The predicted molar refractivity (Wildman–Crippen MR) is 97.4 cm³/mol. The van der Waals surface area contributed by atoms with Crippen molar-refractivity contribution in [1.29, 1.82) is 0 Å². The number of hydrogen-bond donors (Lipinski definition) is 0. The zero-order valence-electron chi connectivity index (χ0n) is 16.3. The zero-order valence-corrected chi connectivity index (χ0v) is 16.3. The highest BCUT2D eigenvalue weighted by molar-refractivity contribution is 5.29. The van der Waals surface area contributed by atoms with Gasteiger partial charge in [0.15, 0.2) is 5.82 Å².